The number of rotatable bonds is 1. The lowest BCUT2D eigenvalue weighted by molar-refractivity contribution is 0.630. The molecule has 0 saturated carbocycles. The summed E-state index contributed by atoms with van der Waals surface area (Å²) >= 11 is 0. The van der Waals surface area contributed by atoms with Crippen LogP contribution in [0.25, 0.3) is 10.9 Å². The topological polar surface area (TPSA) is 17.8 Å². The molecule has 78 valence electrons. The van der Waals surface area contributed by atoms with Gasteiger partial charge in [-0.1, -0.05) is 0 Å². The summed E-state index contributed by atoms with van der Waals surface area (Å²) in [4.78, 5) is 4.24. The van der Waals surface area contributed by atoms with E-state index >= 15 is 0 Å². The van der Waals surface area contributed by atoms with Gasteiger partial charge in [0.1, 0.15) is 0 Å². The van der Waals surface area contributed by atoms with Gasteiger partial charge in [-0.15, -0.1) is 0 Å². The number of hydrogen-bond acceptors (Lipinski definition) is 1. The van der Waals surface area contributed by atoms with E-state index in [2.05, 4.69) is 22.5 Å². The Balaban J connectivity index is 2.37. The van der Waals surface area contributed by atoms with E-state index in [0.717, 1.165) is 6.54 Å². The molecule has 0 atom stereocenters. The first-order chi connectivity index (χ1) is 7.42. The predicted octanol–water partition coefficient (Wildman–Crippen LogP) is 2.94. The Labute approximate surface area is 89.9 Å². The number of pyridine rings is 1. The minimum Gasteiger partial charge on any atom is -0.343 e. The molecular formula is C13H16N2. The van der Waals surface area contributed by atoms with Gasteiger partial charge in [0, 0.05) is 23.8 Å². The van der Waals surface area contributed by atoms with Gasteiger partial charge in [0.15, 0.2) is 0 Å². The van der Waals surface area contributed by atoms with E-state index < -0.39 is 0 Å². The van der Waals surface area contributed by atoms with Gasteiger partial charge < -0.3 is 4.57 Å². The van der Waals surface area contributed by atoms with E-state index in [4.69, 9.17) is 0 Å². The minimum absolute atomic E-state index is 1.07. The monoisotopic (exact) mass is 200 g/mol. The van der Waals surface area contributed by atoms with Gasteiger partial charge in [-0.3, -0.25) is 4.98 Å². The molecule has 0 amide bonds. The van der Waals surface area contributed by atoms with Crippen LogP contribution >= 0.6 is 0 Å². The van der Waals surface area contributed by atoms with Crippen LogP contribution in [-0.4, -0.2) is 9.55 Å². The normalized spacial score (nSPS) is 15.5. The average molecular weight is 200 g/mol. The molecule has 0 radical (unpaired) electrons. The number of hydrogen-bond donors (Lipinski definition) is 0. The molecule has 2 heterocycles. The molecule has 0 spiro atoms. The standard InChI is InChI=1S/C13H16N2/c1-2-15-12-6-4-3-5-10(12)11-7-8-14-9-13(11)15/h7-9H,2-6H2,1H3. The van der Waals surface area contributed by atoms with Crippen molar-refractivity contribution in [2.24, 2.45) is 0 Å². The van der Waals surface area contributed by atoms with E-state index in [1.54, 1.807) is 11.3 Å². The van der Waals surface area contributed by atoms with Crippen molar-refractivity contribution in [2.45, 2.75) is 39.2 Å². The fourth-order valence-corrected chi connectivity index (χ4v) is 2.84. The van der Waals surface area contributed by atoms with Crippen LogP contribution in [0.5, 0.6) is 0 Å². The van der Waals surface area contributed by atoms with Crippen LogP contribution in [0.4, 0.5) is 0 Å². The largest absolute Gasteiger partial charge is 0.343 e. The fourth-order valence-electron chi connectivity index (χ4n) is 2.84. The van der Waals surface area contributed by atoms with Gasteiger partial charge in [0.25, 0.3) is 0 Å². The highest BCUT2D eigenvalue weighted by Crippen LogP contribution is 2.31. The molecule has 0 saturated heterocycles. The molecule has 0 bridgehead atoms. The van der Waals surface area contributed by atoms with Crippen LogP contribution in [0.1, 0.15) is 31.0 Å². The third-order valence-corrected chi connectivity index (χ3v) is 3.50. The van der Waals surface area contributed by atoms with Gasteiger partial charge in [0.2, 0.25) is 0 Å². The minimum atomic E-state index is 1.07. The van der Waals surface area contributed by atoms with Crippen LogP contribution in [0, 0.1) is 0 Å². The van der Waals surface area contributed by atoms with Gasteiger partial charge in [-0.05, 0) is 44.2 Å². The predicted molar refractivity (Wildman–Crippen MR) is 62.0 cm³/mol. The maximum absolute atomic E-state index is 4.24. The van der Waals surface area contributed by atoms with Crippen LogP contribution in [-0.2, 0) is 19.4 Å². The summed E-state index contributed by atoms with van der Waals surface area (Å²) in [5.74, 6) is 0. The lowest BCUT2D eigenvalue weighted by Crippen LogP contribution is -2.07. The molecule has 2 heteroatoms. The van der Waals surface area contributed by atoms with Gasteiger partial charge in [-0.2, -0.15) is 0 Å². The summed E-state index contributed by atoms with van der Waals surface area (Å²) in [6.45, 7) is 3.29. The summed E-state index contributed by atoms with van der Waals surface area (Å²) in [6.07, 6.45) is 9.12. The SMILES string of the molecule is CCn1c2c(c3ccncc31)CCCC2. The number of aromatic nitrogens is 2. The van der Waals surface area contributed by atoms with Crippen LogP contribution in [0.3, 0.4) is 0 Å². The maximum atomic E-state index is 4.24. The van der Waals surface area contributed by atoms with Crippen molar-refractivity contribution in [1.82, 2.24) is 9.55 Å². The van der Waals surface area contributed by atoms with Crippen LogP contribution < -0.4 is 0 Å². The highest BCUT2D eigenvalue weighted by molar-refractivity contribution is 5.85. The highest BCUT2D eigenvalue weighted by Gasteiger charge is 2.18. The first-order valence-electron chi connectivity index (χ1n) is 5.85. The Kier molecular flexibility index (Phi) is 2.01. The zero-order valence-electron chi connectivity index (χ0n) is 9.16. The van der Waals surface area contributed by atoms with E-state index in [0.29, 0.717) is 0 Å². The fraction of sp³-hybridized carbons (Fsp3) is 0.462. The molecule has 2 aromatic heterocycles. The molecule has 2 nitrogen and oxygen atoms in total. The van der Waals surface area contributed by atoms with Crippen LogP contribution in [0.2, 0.25) is 0 Å². The molecule has 1 aliphatic rings. The third-order valence-electron chi connectivity index (χ3n) is 3.50. The smallest absolute Gasteiger partial charge is 0.0671 e. The second-order valence-electron chi connectivity index (χ2n) is 4.27. The van der Waals surface area contributed by atoms with Crippen molar-refractivity contribution in [3.05, 3.63) is 29.7 Å². The molecule has 0 fully saturated rings. The Morgan fingerprint density at radius 3 is 3.07 bits per heavy atom. The van der Waals surface area contributed by atoms with Gasteiger partial charge in [-0.25, -0.2) is 0 Å². The van der Waals surface area contributed by atoms with Gasteiger partial charge in [0.05, 0.1) is 11.7 Å². The molecular weight excluding hydrogens is 184 g/mol. The Hall–Kier alpha value is -1.31. The number of aryl methyl sites for hydroxylation is 2. The molecule has 3 rings (SSSR count). The van der Waals surface area contributed by atoms with Crippen molar-refractivity contribution in [2.75, 3.05) is 0 Å². The summed E-state index contributed by atoms with van der Waals surface area (Å²) in [5, 5.41) is 1.43. The van der Waals surface area contributed by atoms with Gasteiger partial charge >= 0.3 is 0 Å². The van der Waals surface area contributed by atoms with Crippen molar-refractivity contribution < 1.29 is 0 Å². The highest BCUT2D eigenvalue weighted by atomic mass is 15.0. The Morgan fingerprint density at radius 1 is 1.33 bits per heavy atom. The first-order valence-corrected chi connectivity index (χ1v) is 5.85. The van der Waals surface area contributed by atoms with E-state index in [1.807, 2.05) is 12.4 Å². The Morgan fingerprint density at radius 2 is 2.20 bits per heavy atom. The molecule has 1 aliphatic carbocycles. The molecule has 0 N–H and O–H groups in total. The average Bonchev–Trinajstić information content (AvgIpc) is 2.63. The van der Waals surface area contributed by atoms with Crippen molar-refractivity contribution in [3.8, 4) is 0 Å². The zero-order valence-corrected chi connectivity index (χ0v) is 9.16. The maximum Gasteiger partial charge on any atom is 0.0671 e. The third kappa shape index (κ3) is 1.21. The van der Waals surface area contributed by atoms with E-state index in [-0.39, 0.29) is 0 Å². The summed E-state index contributed by atoms with van der Waals surface area (Å²) in [6, 6.07) is 2.17. The molecule has 0 aromatic carbocycles. The second-order valence-corrected chi connectivity index (χ2v) is 4.27. The number of nitrogens with zero attached hydrogens (tertiary/aromatic N) is 2. The lowest BCUT2D eigenvalue weighted by Gasteiger charge is -2.14. The van der Waals surface area contributed by atoms with Crippen molar-refractivity contribution in [1.29, 1.82) is 0 Å². The summed E-state index contributed by atoms with van der Waals surface area (Å²) < 4.78 is 2.44. The molecule has 2 aromatic rings. The quantitative estimate of drug-likeness (QED) is 0.692. The molecule has 0 unspecified atom stereocenters. The molecule has 15 heavy (non-hydrogen) atoms. The van der Waals surface area contributed by atoms with Crippen LogP contribution in [0.15, 0.2) is 18.5 Å². The lowest BCUT2D eigenvalue weighted by atomic mass is 9.96. The Bertz CT molecular complexity index is 463. The number of fused-ring (bicyclic) bond motifs is 3. The molecule has 0 aliphatic heterocycles. The van der Waals surface area contributed by atoms with Crippen molar-refractivity contribution >= 4 is 10.9 Å². The summed E-state index contributed by atoms with van der Waals surface area (Å²) in [7, 11) is 0. The van der Waals surface area contributed by atoms with E-state index in [9.17, 15) is 0 Å². The zero-order chi connectivity index (χ0) is 10.3. The second kappa shape index (κ2) is 3.37. The first kappa shape index (κ1) is 8.96. The van der Waals surface area contributed by atoms with E-state index in [1.165, 1.54) is 36.6 Å². The summed E-state index contributed by atoms with van der Waals surface area (Å²) in [5.41, 5.74) is 4.47. The van der Waals surface area contributed by atoms with Crippen molar-refractivity contribution in [3.63, 3.8) is 0 Å².